The second-order valence-electron chi connectivity index (χ2n) is 3.80. The van der Waals surface area contributed by atoms with E-state index < -0.39 is 11.7 Å². The lowest BCUT2D eigenvalue weighted by molar-refractivity contribution is -0.137. The van der Waals surface area contributed by atoms with E-state index in [1.54, 1.807) is 12.1 Å². The van der Waals surface area contributed by atoms with Crippen molar-refractivity contribution in [3.05, 3.63) is 47.1 Å². The molecule has 0 aliphatic carbocycles. The Morgan fingerprint density at radius 3 is 2.60 bits per heavy atom. The van der Waals surface area contributed by atoms with Crippen molar-refractivity contribution in [1.29, 1.82) is 0 Å². The molecule has 0 aliphatic heterocycles. The first-order chi connectivity index (χ1) is 9.38. The molecular weight excluding hydrogens is 311 g/mol. The van der Waals surface area contributed by atoms with Gasteiger partial charge in [0.05, 0.1) is 5.56 Å². The number of halogens is 4. The average molecular weight is 320 g/mol. The average Bonchev–Trinajstić information content (AvgIpc) is 2.37. The van der Waals surface area contributed by atoms with Crippen LogP contribution in [0.5, 0.6) is 11.6 Å². The van der Waals surface area contributed by atoms with E-state index in [9.17, 15) is 13.2 Å². The van der Waals surface area contributed by atoms with Gasteiger partial charge in [0.1, 0.15) is 10.9 Å². The zero-order chi connectivity index (χ0) is 14.8. The van der Waals surface area contributed by atoms with Crippen LogP contribution in [0.3, 0.4) is 0 Å². The normalized spacial score (nSPS) is 11.4. The number of alkyl halides is 3. The first-order valence-electron chi connectivity index (χ1n) is 5.45. The molecule has 106 valence electrons. The Morgan fingerprint density at radius 1 is 1.20 bits per heavy atom. The molecular formula is C13H9ClF3NOS. The molecule has 0 unspecified atom stereocenters. The molecule has 0 spiro atoms. The highest BCUT2D eigenvalue weighted by Crippen LogP contribution is 2.33. The van der Waals surface area contributed by atoms with Crippen LogP contribution in [0.15, 0.2) is 41.3 Å². The number of pyridine rings is 1. The number of thioether (sulfide) groups is 1. The Bertz CT molecular complexity index is 619. The summed E-state index contributed by atoms with van der Waals surface area (Å²) in [4.78, 5) is 4.73. The van der Waals surface area contributed by atoms with Crippen LogP contribution in [0.25, 0.3) is 0 Å². The predicted octanol–water partition coefficient (Wildman–Crippen LogP) is 5.27. The second kappa shape index (κ2) is 5.93. The van der Waals surface area contributed by atoms with Gasteiger partial charge in [-0.1, -0.05) is 17.7 Å². The maximum Gasteiger partial charge on any atom is 0.416 e. The quantitative estimate of drug-likeness (QED) is 0.568. The Balaban J connectivity index is 2.28. The van der Waals surface area contributed by atoms with E-state index >= 15 is 0 Å². The SMILES string of the molecule is CSc1cc(Cl)nc(Oc2cccc(C(F)(F)F)c2)c1. The number of aromatic nitrogens is 1. The number of ether oxygens (including phenoxy) is 1. The molecule has 0 bridgehead atoms. The Hall–Kier alpha value is -1.40. The van der Waals surface area contributed by atoms with Crippen LogP contribution in [0.1, 0.15) is 5.56 Å². The van der Waals surface area contributed by atoms with Gasteiger partial charge in [-0.25, -0.2) is 4.98 Å². The van der Waals surface area contributed by atoms with Gasteiger partial charge in [0.2, 0.25) is 5.88 Å². The van der Waals surface area contributed by atoms with Crippen molar-refractivity contribution in [2.45, 2.75) is 11.1 Å². The van der Waals surface area contributed by atoms with Crippen molar-refractivity contribution in [2.24, 2.45) is 0 Å². The minimum absolute atomic E-state index is 0.0571. The fourth-order valence-corrected chi connectivity index (χ4v) is 2.19. The lowest BCUT2D eigenvalue weighted by Gasteiger charge is -2.10. The summed E-state index contributed by atoms with van der Waals surface area (Å²) in [5.41, 5.74) is -0.776. The van der Waals surface area contributed by atoms with Gasteiger partial charge in [0.25, 0.3) is 0 Å². The third-order valence-corrected chi connectivity index (χ3v) is 3.26. The van der Waals surface area contributed by atoms with Crippen LogP contribution in [0, 0.1) is 0 Å². The van der Waals surface area contributed by atoms with Crippen LogP contribution in [0.2, 0.25) is 5.15 Å². The molecule has 1 heterocycles. The van der Waals surface area contributed by atoms with Gasteiger partial charge in [0, 0.05) is 11.0 Å². The van der Waals surface area contributed by atoms with E-state index in [0.29, 0.717) is 0 Å². The summed E-state index contributed by atoms with van der Waals surface area (Å²) in [6.07, 6.45) is -2.56. The minimum atomic E-state index is -4.41. The van der Waals surface area contributed by atoms with Crippen molar-refractivity contribution in [3.63, 3.8) is 0 Å². The standard InChI is InChI=1S/C13H9ClF3NOS/c1-20-10-6-11(14)18-12(7-10)19-9-4-2-3-8(5-9)13(15,16)17/h2-7H,1H3. The molecule has 0 saturated heterocycles. The van der Waals surface area contributed by atoms with Crippen LogP contribution in [0.4, 0.5) is 13.2 Å². The maximum atomic E-state index is 12.6. The van der Waals surface area contributed by atoms with Gasteiger partial charge in [-0.2, -0.15) is 13.2 Å². The third kappa shape index (κ3) is 3.80. The summed E-state index contributed by atoms with van der Waals surface area (Å²) < 4.78 is 43.1. The van der Waals surface area contributed by atoms with Crippen molar-refractivity contribution in [2.75, 3.05) is 6.26 Å². The van der Waals surface area contributed by atoms with E-state index in [4.69, 9.17) is 16.3 Å². The first-order valence-corrected chi connectivity index (χ1v) is 7.05. The fraction of sp³-hybridized carbons (Fsp3) is 0.154. The van der Waals surface area contributed by atoms with Crippen LogP contribution < -0.4 is 4.74 Å². The summed E-state index contributed by atoms with van der Waals surface area (Å²) in [5.74, 6) is 0.211. The molecule has 2 rings (SSSR count). The van der Waals surface area contributed by atoms with Crippen LogP contribution >= 0.6 is 23.4 Å². The fourth-order valence-electron chi connectivity index (χ4n) is 1.48. The third-order valence-electron chi connectivity index (χ3n) is 2.36. The first kappa shape index (κ1) is 15.0. The van der Waals surface area contributed by atoms with Gasteiger partial charge in [0.15, 0.2) is 0 Å². The highest BCUT2D eigenvalue weighted by atomic mass is 35.5. The highest BCUT2D eigenvalue weighted by Gasteiger charge is 2.30. The summed E-state index contributed by atoms with van der Waals surface area (Å²) in [6, 6.07) is 7.85. The van der Waals surface area contributed by atoms with Gasteiger partial charge < -0.3 is 4.74 Å². The second-order valence-corrected chi connectivity index (χ2v) is 5.06. The van der Waals surface area contributed by atoms with Gasteiger partial charge in [-0.05, 0) is 30.5 Å². The molecule has 2 aromatic rings. The van der Waals surface area contributed by atoms with E-state index in [2.05, 4.69) is 4.98 Å². The molecule has 0 saturated carbocycles. The van der Waals surface area contributed by atoms with E-state index in [-0.39, 0.29) is 16.8 Å². The van der Waals surface area contributed by atoms with E-state index in [1.165, 1.54) is 23.9 Å². The zero-order valence-corrected chi connectivity index (χ0v) is 11.8. The molecule has 2 nitrogen and oxygen atoms in total. The molecule has 0 radical (unpaired) electrons. The number of nitrogens with zero attached hydrogens (tertiary/aromatic N) is 1. The predicted molar refractivity (Wildman–Crippen MR) is 72.5 cm³/mol. The number of hydrogen-bond acceptors (Lipinski definition) is 3. The minimum Gasteiger partial charge on any atom is -0.439 e. The van der Waals surface area contributed by atoms with Crippen molar-refractivity contribution in [1.82, 2.24) is 4.98 Å². The maximum absolute atomic E-state index is 12.6. The summed E-state index contributed by atoms with van der Waals surface area (Å²) >= 11 is 7.25. The number of rotatable bonds is 3. The largest absolute Gasteiger partial charge is 0.439 e. The summed E-state index contributed by atoms with van der Waals surface area (Å²) in [6.45, 7) is 0. The van der Waals surface area contributed by atoms with Gasteiger partial charge in [-0.15, -0.1) is 11.8 Å². The Kier molecular flexibility index (Phi) is 4.45. The Morgan fingerprint density at radius 2 is 1.95 bits per heavy atom. The molecule has 0 atom stereocenters. The zero-order valence-electron chi connectivity index (χ0n) is 10.2. The summed E-state index contributed by atoms with van der Waals surface area (Å²) in [5, 5.41) is 0.221. The van der Waals surface area contributed by atoms with Crippen molar-refractivity contribution in [3.8, 4) is 11.6 Å². The lowest BCUT2D eigenvalue weighted by atomic mass is 10.2. The molecule has 20 heavy (non-hydrogen) atoms. The highest BCUT2D eigenvalue weighted by molar-refractivity contribution is 7.98. The molecule has 0 fully saturated rings. The van der Waals surface area contributed by atoms with Crippen LogP contribution in [-0.2, 0) is 6.18 Å². The molecule has 0 N–H and O–H groups in total. The van der Waals surface area contributed by atoms with Gasteiger partial charge in [-0.3, -0.25) is 0 Å². The smallest absolute Gasteiger partial charge is 0.416 e. The van der Waals surface area contributed by atoms with E-state index in [0.717, 1.165) is 17.0 Å². The molecule has 1 aromatic heterocycles. The van der Waals surface area contributed by atoms with Gasteiger partial charge >= 0.3 is 6.18 Å². The molecule has 7 heteroatoms. The molecule has 0 amide bonds. The summed E-state index contributed by atoms with van der Waals surface area (Å²) in [7, 11) is 0. The lowest BCUT2D eigenvalue weighted by Crippen LogP contribution is -2.04. The molecule has 0 aliphatic rings. The topological polar surface area (TPSA) is 22.1 Å². The Labute approximate surface area is 122 Å². The van der Waals surface area contributed by atoms with E-state index in [1.807, 2.05) is 6.26 Å². The van der Waals surface area contributed by atoms with Crippen molar-refractivity contribution >= 4 is 23.4 Å². The molecule has 1 aromatic carbocycles. The van der Waals surface area contributed by atoms with Crippen molar-refractivity contribution < 1.29 is 17.9 Å². The van der Waals surface area contributed by atoms with Crippen LogP contribution in [-0.4, -0.2) is 11.2 Å². The number of benzene rings is 1. The monoisotopic (exact) mass is 319 g/mol. The number of hydrogen-bond donors (Lipinski definition) is 0.